The molecule has 1 atom stereocenters. The molecule has 1 amide bonds. The van der Waals surface area contributed by atoms with E-state index in [1.807, 2.05) is 0 Å². The first-order valence-corrected chi connectivity index (χ1v) is 10.3. The number of halogens is 8. The summed E-state index contributed by atoms with van der Waals surface area (Å²) in [6.07, 6.45) is 1.06. The standard InChI is InChI=1S/C22H17F8N5O/c23-14-12(15(24)19(28)34-18(14)27)8-4-3-6-10(33-22(36)9(32)5-1-2-7-31)11(8)13-16(25)20(29)35-21(30)17(13)26/h3-4,6,9H,1-2,5,7,31-32H2,(H,33,36). The van der Waals surface area contributed by atoms with Crippen LogP contribution in [-0.2, 0) is 4.79 Å². The molecule has 0 aliphatic rings. The number of aromatic nitrogens is 2. The molecule has 14 heteroatoms. The van der Waals surface area contributed by atoms with Crippen LogP contribution in [0.3, 0.4) is 0 Å². The van der Waals surface area contributed by atoms with Crippen LogP contribution in [0.4, 0.5) is 40.8 Å². The molecule has 1 aromatic carbocycles. The van der Waals surface area contributed by atoms with Crippen molar-refractivity contribution in [3.05, 3.63) is 65.3 Å². The van der Waals surface area contributed by atoms with Crippen LogP contribution in [0.1, 0.15) is 19.3 Å². The Hall–Kier alpha value is -3.65. The van der Waals surface area contributed by atoms with Gasteiger partial charge in [-0.1, -0.05) is 18.6 Å². The van der Waals surface area contributed by atoms with Gasteiger partial charge in [-0.2, -0.15) is 27.5 Å². The van der Waals surface area contributed by atoms with E-state index in [0.29, 0.717) is 19.4 Å². The van der Waals surface area contributed by atoms with E-state index < -0.39 is 86.9 Å². The molecule has 3 rings (SSSR count). The maximum absolute atomic E-state index is 14.7. The van der Waals surface area contributed by atoms with Crippen LogP contribution in [0.25, 0.3) is 22.3 Å². The van der Waals surface area contributed by atoms with Gasteiger partial charge in [0, 0.05) is 11.3 Å². The minimum atomic E-state index is -2.14. The van der Waals surface area contributed by atoms with Crippen LogP contribution < -0.4 is 16.8 Å². The van der Waals surface area contributed by atoms with Crippen LogP contribution in [0.15, 0.2) is 18.2 Å². The molecular formula is C22H17F8N5O. The lowest BCUT2D eigenvalue weighted by Crippen LogP contribution is -2.35. The lowest BCUT2D eigenvalue weighted by Gasteiger charge is -2.20. The SMILES string of the molecule is NCCCCC(N)C(=O)Nc1cccc(-c2c(F)c(F)nc(F)c2F)c1-c1c(F)c(F)nc(F)c1F. The normalized spacial score (nSPS) is 12.1. The van der Waals surface area contributed by atoms with Gasteiger partial charge in [-0.25, -0.2) is 17.6 Å². The summed E-state index contributed by atoms with van der Waals surface area (Å²) in [6, 6.07) is 1.51. The largest absolute Gasteiger partial charge is 0.330 e. The van der Waals surface area contributed by atoms with Crippen molar-refractivity contribution in [3.63, 3.8) is 0 Å². The van der Waals surface area contributed by atoms with E-state index in [2.05, 4.69) is 15.3 Å². The number of benzene rings is 1. The number of carbonyl (C=O) groups is 1. The van der Waals surface area contributed by atoms with Gasteiger partial charge in [-0.3, -0.25) is 4.79 Å². The number of hydrogen-bond donors (Lipinski definition) is 3. The Morgan fingerprint density at radius 2 is 1.28 bits per heavy atom. The minimum Gasteiger partial charge on any atom is -0.330 e. The number of hydrogen-bond acceptors (Lipinski definition) is 5. The van der Waals surface area contributed by atoms with Gasteiger partial charge in [0.1, 0.15) is 0 Å². The number of nitrogens with zero attached hydrogens (tertiary/aromatic N) is 2. The third-order valence-electron chi connectivity index (χ3n) is 5.14. The predicted octanol–water partition coefficient (Wildman–Crippen LogP) is 4.32. The zero-order chi connectivity index (χ0) is 26.7. The Labute approximate surface area is 198 Å². The van der Waals surface area contributed by atoms with Gasteiger partial charge in [0.15, 0.2) is 23.3 Å². The number of amides is 1. The summed E-state index contributed by atoms with van der Waals surface area (Å²) in [5.41, 5.74) is 5.44. The maximum atomic E-state index is 14.7. The van der Waals surface area contributed by atoms with Crippen LogP contribution in [-0.4, -0.2) is 28.5 Å². The first-order chi connectivity index (χ1) is 17.0. The first-order valence-electron chi connectivity index (χ1n) is 10.3. The average molecular weight is 519 g/mol. The second-order valence-electron chi connectivity index (χ2n) is 7.50. The number of anilines is 1. The highest BCUT2D eigenvalue weighted by Gasteiger charge is 2.31. The van der Waals surface area contributed by atoms with Crippen molar-refractivity contribution in [1.82, 2.24) is 9.97 Å². The van der Waals surface area contributed by atoms with Crippen molar-refractivity contribution in [2.45, 2.75) is 25.3 Å². The summed E-state index contributed by atoms with van der Waals surface area (Å²) in [4.78, 5) is 17.4. The molecule has 2 aromatic heterocycles. The summed E-state index contributed by atoms with van der Waals surface area (Å²) in [5, 5.41) is 2.17. The highest BCUT2D eigenvalue weighted by molar-refractivity contribution is 6.02. The molecule has 0 saturated heterocycles. The predicted molar refractivity (Wildman–Crippen MR) is 112 cm³/mol. The smallest absolute Gasteiger partial charge is 0.252 e. The van der Waals surface area contributed by atoms with Gasteiger partial charge in [-0.15, -0.1) is 0 Å². The number of nitrogens with two attached hydrogens (primary N) is 2. The number of pyridine rings is 2. The monoisotopic (exact) mass is 519 g/mol. The molecule has 36 heavy (non-hydrogen) atoms. The Morgan fingerprint density at radius 1 is 0.778 bits per heavy atom. The van der Waals surface area contributed by atoms with Gasteiger partial charge in [0.05, 0.1) is 17.2 Å². The van der Waals surface area contributed by atoms with E-state index in [-0.39, 0.29) is 6.42 Å². The van der Waals surface area contributed by atoms with Crippen molar-refractivity contribution < 1.29 is 39.9 Å². The molecule has 0 spiro atoms. The topological polar surface area (TPSA) is 107 Å². The van der Waals surface area contributed by atoms with Crippen molar-refractivity contribution in [3.8, 4) is 22.3 Å². The Bertz CT molecular complexity index is 1270. The third-order valence-corrected chi connectivity index (χ3v) is 5.14. The molecule has 2 heterocycles. The first kappa shape index (κ1) is 26.9. The highest BCUT2D eigenvalue weighted by atomic mass is 19.2. The molecule has 0 aliphatic heterocycles. The molecule has 5 N–H and O–H groups in total. The highest BCUT2D eigenvalue weighted by Crippen LogP contribution is 2.43. The minimum absolute atomic E-state index is 0.114. The van der Waals surface area contributed by atoms with Crippen molar-refractivity contribution >= 4 is 11.6 Å². The molecule has 0 radical (unpaired) electrons. The number of carbonyl (C=O) groups excluding carboxylic acids is 1. The van der Waals surface area contributed by atoms with E-state index >= 15 is 0 Å². The van der Waals surface area contributed by atoms with Crippen LogP contribution in [0.2, 0.25) is 0 Å². The molecule has 3 aromatic rings. The molecule has 0 bridgehead atoms. The fraction of sp³-hybridized carbons (Fsp3) is 0.227. The zero-order valence-corrected chi connectivity index (χ0v) is 18.1. The Kier molecular flexibility index (Phi) is 8.20. The second-order valence-corrected chi connectivity index (χ2v) is 7.50. The number of unbranched alkanes of at least 4 members (excludes halogenated alkanes) is 1. The quantitative estimate of drug-likeness (QED) is 0.234. The Balaban J connectivity index is 2.31. The molecule has 192 valence electrons. The third kappa shape index (κ3) is 5.14. The van der Waals surface area contributed by atoms with Gasteiger partial charge in [0.25, 0.3) is 23.8 Å². The molecular weight excluding hydrogens is 502 g/mol. The fourth-order valence-electron chi connectivity index (χ4n) is 3.43. The fourth-order valence-corrected chi connectivity index (χ4v) is 3.43. The van der Waals surface area contributed by atoms with E-state index in [1.54, 1.807) is 0 Å². The number of rotatable bonds is 8. The molecule has 6 nitrogen and oxygen atoms in total. The zero-order valence-electron chi connectivity index (χ0n) is 18.1. The van der Waals surface area contributed by atoms with Gasteiger partial charge >= 0.3 is 0 Å². The van der Waals surface area contributed by atoms with Gasteiger partial charge in [-0.05, 0) is 31.0 Å². The van der Waals surface area contributed by atoms with Crippen LogP contribution in [0.5, 0.6) is 0 Å². The van der Waals surface area contributed by atoms with E-state index in [4.69, 9.17) is 11.5 Å². The average Bonchev–Trinajstić information content (AvgIpc) is 2.83. The van der Waals surface area contributed by atoms with E-state index in [1.165, 1.54) is 0 Å². The van der Waals surface area contributed by atoms with E-state index in [9.17, 15) is 39.9 Å². The van der Waals surface area contributed by atoms with Crippen LogP contribution in [0, 0.1) is 47.1 Å². The lowest BCUT2D eigenvalue weighted by molar-refractivity contribution is -0.117. The van der Waals surface area contributed by atoms with Crippen LogP contribution >= 0.6 is 0 Å². The summed E-state index contributed by atoms with van der Waals surface area (Å²) >= 11 is 0. The summed E-state index contributed by atoms with van der Waals surface area (Å²) in [6.45, 7) is 0.314. The van der Waals surface area contributed by atoms with E-state index in [0.717, 1.165) is 18.2 Å². The second kappa shape index (κ2) is 11.0. The lowest BCUT2D eigenvalue weighted by atomic mass is 9.92. The maximum Gasteiger partial charge on any atom is 0.252 e. The summed E-state index contributed by atoms with van der Waals surface area (Å²) in [5.74, 6) is -17.8. The van der Waals surface area contributed by atoms with Gasteiger partial charge < -0.3 is 16.8 Å². The molecule has 0 saturated carbocycles. The Morgan fingerprint density at radius 3 is 1.78 bits per heavy atom. The van der Waals surface area contributed by atoms with Crippen molar-refractivity contribution in [1.29, 1.82) is 0 Å². The van der Waals surface area contributed by atoms with Crippen molar-refractivity contribution in [2.75, 3.05) is 11.9 Å². The van der Waals surface area contributed by atoms with Crippen molar-refractivity contribution in [2.24, 2.45) is 11.5 Å². The summed E-state index contributed by atoms with van der Waals surface area (Å²) in [7, 11) is 0. The number of nitrogens with one attached hydrogen (secondary N) is 1. The van der Waals surface area contributed by atoms with Gasteiger partial charge in [0.2, 0.25) is 5.91 Å². The molecule has 0 aliphatic carbocycles. The summed E-state index contributed by atoms with van der Waals surface area (Å²) < 4.78 is 114. The molecule has 0 fully saturated rings. The molecule has 1 unspecified atom stereocenters.